The summed E-state index contributed by atoms with van der Waals surface area (Å²) >= 11 is 0. The van der Waals surface area contributed by atoms with Gasteiger partial charge in [-0.3, -0.25) is 9.36 Å². The van der Waals surface area contributed by atoms with E-state index in [1.54, 1.807) is 22.9 Å². The van der Waals surface area contributed by atoms with Gasteiger partial charge in [0.2, 0.25) is 5.95 Å². The molecule has 150 valence electrons. The number of piperidine rings is 1. The van der Waals surface area contributed by atoms with Crippen LogP contribution in [0.2, 0.25) is 0 Å². The highest BCUT2D eigenvalue weighted by atomic mass is 16.1. The molecule has 1 N–H and O–H groups in total. The van der Waals surface area contributed by atoms with Crippen molar-refractivity contribution in [2.75, 3.05) is 23.3 Å². The van der Waals surface area contributed by atoms with Gasteiger partial charge >= 0.3 is 0 Å². The standard InChI is InChI=1S/C24H23N5O/c30-22-13-12-18-17-25-24(27-23(18)29(22)20-9-3-1-4-10-20)26-19-8-7-11-21(16-19)28-14-5-2-6-15-28/h1,3-4,7-13,16-17H,2,5-6,14-15H2,(H,25,26,27). The molecule has 30 heavy (non-hydrogen) atoms. The lowest BCUT2D eigenvalue weighted by Gasteiger charge is -2.29. The van der Waals surface area contributed by atoms with E-state index in [1.807, 2.05) is 42.5 Å². The molecule has 1 aliphatic heterocycles. The van der Waals surface area contributed by atoms with Crippen molar-refractivity contribution >= 4 is 28.4 Å². The number of para-hydroxylation sites is 1. The van der Waals surface area contributed by atoms with Crippen molar-refractivity contribution in [2.24, 2.45) is 0 Å². The number of aromatic nitrogens is 3. The predicted octanol–water partition coefficient (Wildman–Crippen LogP) is 4.51. The molecule has 0 radical (unpaired) electrons. The summed E-state index contributed by atoms with van der Waals surface area (Å²) in [6.45, 7) is 2.19. The molecule has 0 bridgehead atoms. The molecule has 0 unspecified atom stereocenters. The molecule has 0 saturated carbocycles. The molecule has 1 saturated heterocycles. The average molecular weight is 397 g/mol. The Morgan fingerprint density at radius 2 is 1.63 bits per heavy atom. The fourth-order valence-electron chi connectivity index (χ4n) is 3.97. The van der Waals surface area contributed by atoms with E-state index in [0.29, 0.717) is 11.6 Å². The van der Waals surface area contributed by atoms with Crippen LogP contribution in [0.5, 0.6) is 0 Å². The zero-order chi connectivity index (χ0) is 20.3. The van der Waals surface area contributed by atoms with Crippen LogP contribution in [0.1, 0.15) is 19.3 Å². The number of hydrogen-bond donors (Lipinski definition) is 1. The highest BCUT2D eigenvalue weighted by molar-refractivity contribution is 5.77. The van der Waals surface area contributed by atoms with E-state index in [0.717, 1.165) is 29.9 Å². The van der Waals surface area contributed by atoms with Gasteiger partial charge in [-0.2, -0.15) is 4.98 Å². The first-order valence-corrected chi connectivity index (χ1v) is 10.3. The molecule has 1 fully saturated rings. The molecule has 6 heteroatoms. The summed E-state index contributed by atoms with van der Waals surface area (Å²) in [7, 11) is 0. The monoisotopic (exact) mass is 397 g/mol. The van der Waals surface area contributed by atoms with Crippen molar-refractivity contribution in [3.63, 3.8) is 0 Å². The van der Waals surface area contributed by atoms with E-state index in [9.17, 15) is 4.79 Å². The first kappa shape index (κ1) is 18.4. The third-order valence-electron chi connectivity index (χ3n) is 5.47. The molecule has 4 aromatic rings. The molecule has 1 aliphatic rings. The maximum Gasteiger partial charge on any atom is 0.256 e. The van der Waals surface area contributed by atoms with E-state index in [1.165, 1.54) is 24.9 Å². The zero-order valence-electron chi connectivity index (χ0n) is 16.7. The van der Waals surface area contributed by atoms with Crippen LogP contribution >= 0.6 is 0 Å². The van der Waals surface area contributed by atoms with Crippen LogP contribution < -0.4 is 15.8 Å². The number of nitrogens with one attached hydrogen (secondary N) is 1. The van der Waals surface area contributed by atoms with Crippen LogP contribution in [-0.4, -0.2) is 27.6 Å². The average Bonchev–Trinajstić information content (AvgIpc) is 2.80. The fourth-order valence-corrected chi connectivity index (χ4v) is 3.97. The highest BCUT2D eigenvalue weighted by Gasteiger charge is 2.12. The molecular formula is C24H23N5O. The van der Waals surface area contributed by atoms with Gasteiger partial charge in [-0.05, 0) is 55.7 Å². The quantitative estimate of drug-likeness (QED) is 0.549. The minimum atomic E-state index is -0.120. The minimum Gasteiger partial charge on any atom is -0.371 e. The lowest BCUT2D eigenvalue weighted by molar-refractivity contribution is 0.578. The van der Waals surface area contributed by atoms with E-state index in [4.69, 9.17) is 0 Å². The molecule has 3 heterocycles. The topological polar surface area (TPSA) is 63.1 Å². The van der Waals surface area contributed by atoms with Gasteiger partial charge in [-0.15, -0.1) is 0 Å². The van der Waals surface area contributed by atoms with E-state index in [2.05, 4.69) is 32.3 Å². The predicted molar refractivity (Wildman–Crippen MR) is 121 cm³/mol. The summed E-state index contributed by atoms with van der Waals surface area (Å²) in [4.78, 5) is 24.2. The van der Waals surface area contributed by atoms with Gasteiger partial charge in [-0.1, -0.05) is 24.3 Å². The van der Waals surface area contributed by atoms with Crippen LogP contribution in [0.3, 0.4) is 0 Å². The van der Waals surface area contributed by atoms with Gasteiger partial charge in [0, 0.05) is 42.1 Å². The third kappa shape index (κ3) is 3.64. The van der Waals surface area contributed by atoms with Crippen LogP contribution in [0, 0.1) is 0 Å². The van der Waals surface area contributed by atoms with E-state index < -0.39 is 0 Å². The van der Waals surface area contributed by atoms with Gasteiger partial charge in [0.15, 0.2) is 5.65 Å². The number of nitrogens with zero attached hydrogens (tertiary/aromatic N) is 4. The first-order valence-electron chi connectivity index (χ1n) is 10.3. The Kier molecular flexibility index (Phi) is 4.89. The SMILES string of the molecule is O=c1ccc2cnc(Nc3cccc(N4CCCCC4)c3)nc2n1-c1ccccc1. The Morgan fingerprint density at radius 3 is 2.47 bits per heavy atom. The molecule has 6 nitrogen and oxygen atoms in total. The maximum absolute atomic E-state index is 12.6. The lowest BCUT2D eigenvalue weighted by Crippen LogP contribution is -2.29. The zero-order valence-corrected chi connectivity index (χ0v) is 16.7. The second-order valence-electron chi connectivity index (χ2n) is 7.54. The third-order valence-corrected chi connectivity index (χ3v) is 5.47. The number of rotatable bonds is 4. The number of pyridine rings is 1. The van der Waals surface area contributed by atoms with E-state index >= 15 is 0 Å². The molecule has 2 aromatic heterocycles. The largest absolute Gasteiger partial charge is 0.371 e. The Morgan fingerprint density at radius 1 is 0.833 bits per heavy atom. The maximum atomic E-state index is 12.6. The van der Waals surface area contributed by atoms with Crippen LogP contribution in [0.4, 0.5) is 17.3 Å². The molecule has 0 aliphatic carbocycles. The van der Waals surface area contributed by atoms with Gasteiger partial charge in [0.1, 0.15) is 0 Å². The summed E-state index contributed by atoms with van der Waals surface area (Å²) < 4.78 is 1.62. The Hall–Kier alpha value is -3.67. The van der Waals surface area contributed by atoms with Gasteiger partial charge in [-0.25, -0.2) is 4.98 Å². The highest BCUT2D eigenvalue weighted by Crippen LogP contribution is 2.25. The Bertz CT molecular complexity index is 1230. The van der Waals surface area contributed by atoms with Crippen molar-refractivity contribution in [1.29, 1.82) is 0 Å². The Labute approximate surface area is 174 Å². The number of anilines is 3. The minimum absolute atomic E-state index is 0.120. The second-order valence-corrected chi connectivity index (χ2v) is 7.54. The lowest BCUT2D eigenvalue weighted by atomic mass is 10.1. The Balaban J connectivity index is 1.51. The summed E-state index contributed by atoms with van der Waals surface area (Å²) in [5.41, 5.74) is 3.39. The van der Waals surface area contributed by atoms with Crippen molar-refractivity contribution < 1.29 is 0 Å². The molecule has 0 amide bonds. The summed E-state index contributed by atoms with van der Waals surface area (Å²) in [6, 6.07) is 21.2. The number of hydrogen-bond acceptors (Lipinski definition) is 5. The van der Waals surface area contributed by atoms with Gasteiger partial charge < -0.3 is 10.2 Å². The molecular weight excluding hydrogens is 374 g/mol. The smallest absolute Gasteiger partial charge is 0.256 e. The summed E-state index contributed by atoms with van der Waals surface area (Å²) in [6.07, 6.45) is 5.53. The van der Waals surface area contributed by atoms with Crippen LogP contribution in [0.25, 0.3) is 16.7 Å². The first-order chi connectivity index (χ1) is 14.8. The van der Waals surface area contributed by atoms with Crippen molar-refractivity contribution in [1.82, 2.24) is 14.5 Å². The molecule has 5 rings (SSSR count). The van der Waals surface area contributed by atoms with Crippen molar-refractivity contribution in [3.05, 3.63) is 83.3 Å². The van der Waals surface area contributed by atoms with Crippen LogP contribution in [0.15, 0.2) is 77.7 Å². The molecule has 0 atom stereocenters. The van der Waals surface area contributed by atoms with Crippen molar-refractivity contribution in [3.8, 4) is 5.69 Å². The molecule has 0 spiro atoms. The van der Waals surface area contributed by atoms with Gasteiger partial charge in [0.25, 0.3) is 5.56 Å². The summed E-state index contributed by atoms with van der Waals surface area (Å²) in [5, 5.41) is 4.12. The van der Waals surface area contributed by atoms with E-state index in [-0.39, 0.29) is 5.56 Å². The second kappa shape index (κ2) is 7.99. The summed E-state index contributed by atoms with van der Waals surface area (Å²) in [5.74, 6) is 0.466. The normalized spacial score (nSPS) is 14.1. The number of benzene rings is 2. The van der Waals surface area contributed by atoms with Crippen LogP contribution in [-0.2, 0) is 0 Å². The molecule has 2 aromatic carbocycles. The fraction of sp³-hybridized carbons (Fsp3) is 0.208. The van der Waals surface area contributed by atoms with Crippen molar-refractivity contribution in [2.45, 2.75) is 19.3 Å². The van der Waals surface area contributed by atoms with Gasteiger partial charge in [0.05, 0.1) is 5.69 Å². The number of fused-ring (bicyclic) bond motifs is 1.